The molecule has 0 saturated heterocycles. The Kier molecular flexibility index (Phi) is 2.57. The summed E-state index contributed by atoms with van der Waals surface area (Å²) in [5, 5.41) is 3.02. The van der Waals surface area contributed by atoms with Crippen LogP contribution < -0.4 is 16.8 Å². The van der Waals surface area contributed by atoms with Crippen molar-refractivity contribution >= 4 is 11.1 Å². The van der Waals surface area contributed by atoms with E-state index < -0.39 is 0 Å². The Labute approximate surface area is 86.5 Å². The SMILES string of the molecule is Cn1c(=O)oc2ccc(CNCN)cc21. The van der Waals surface area contributed by atoms with Gasteiger partial charge in [0.15, 0.2) is 5.58 Å². The lowest BCUT2D eigenvalue weighted by atomic mass is 10.2. The molecule has 2 rings (SSSR count). The number of nitrogens with zero attached hydrogens (tertiary/aromatic N) is 1. The van der Waals surface area contributed by atoms with Crippen LogP contribution >= 0.6 is 0 Å². The monoisotopic (exact) mass is 207 g/mol. The van der Waals surface area contributed by atoms with E-state index in [1.807, 2.05) is 12.1 Å². The molecule has 0 saturated carbocycles. The molecule has 2 aromatic rings. The average Bonchev–Trinajstić information content (AvgIpc) is 2.52. The van der Waals surface area contributed by atoms with Crippen molar-refractivity contribution in [2.24, 2.45) is 12.8 Å². The smallest absolute Gasteiger partial charge is 0.408 e. The predicted molar refractivity (Wildman–Crippen MR) is 57.3 cm³/mol. The van der Waals surface area contributed by atoms with Gasteiger partial charge in [0.2, 0.25) is 0 Å². The van der Waals surface area contributed by atoms with Crippen LogP contribution in [0.4, 0.5) is 0 Å². The van der Waals surface area contributed by atoms with E-state index in [9.17, 15) is 4.79 Å². The third-order valence-electron chi connectivity index (χ3n) is 2.33. The lowest BCUT2D eigenvalue weighted by molar-refractivity contribution is 0.528. The number of fused-ring (bicyclic) bond motifs is 1. The van der Waals surface area contributed by atoms with Gasteiger partial charge in [0.1, 0.15) is 0 Å². The summed E-state index contributed by atoms with van der Waals surface area (Å²) < 4.78 is 6.51. The number of nitrogens with one attached hydrogen (secondary N) is 1. The van der Waals surface area contributed by atoms with Crippen molar-refractivity contribution in [3.63, 3.8) is 0 Å². The summed E-state index contributed by atoms with van der Waals surface area (Å²) in [6.45, 7) is 1.12. The molecule has 1 aromatic heterocycles. The fourth-order valence-electron chi connectivity index (χ4n) is 1.50. The van der Waals surface area contributed by atoms with E-state index in [0.717, 1.165) is 11.1 Å². The van der Waals surface area contributed by atoms with Crippen molar-refractivity contribution in [1.82, 2.24) is 9.88 Å². The molecule has 0 atom stereocenters. The van der Waals surface area contributed by atoms with Crippen LogP contribution in [0.2, 0.25) is 0 Å². The minimum atomic E-state index is -0.339. The average molecular weight is 207 g/mol. The summed E-state index contributed by atoms with van der Waals surface area (Å²) in [4.78, 5) is 11.2. The van der Waals surface area contributed by atoms with Crippen molar-refractivity contribution in [1.29, 1.82) is 0 Å². The Morgan fingerprint density at radius 2 is 2.33 bits per heavy atom. The number of nitrogens with two attached hydrogens (primary N) is 1. The second-order valence-electron chi connectivity index (χ2n) is 3.36. The van der Waals surface area contributed by atoms with E-state index in [0.29, 0.717) is 18.8 Å². The number of oxazole rings is 1. The topological polar surface area (TPSA) is 73.2 Å². The molecule has 0 radical (unpaired) electrons. The number of rotatable bonds is 3. The summed E-state index contributed by atoms with van der Waals surface area (Å²) in [5.74, 6) is -0.339. The van der Waals surface area contributed by atoms with Crippen LogP contribution in [0.1, 0.15) is 5.56 Å². The Bertz CT molecular complexity index is 527. The first-order valence-corrected chi connectivity index (χ1v) is 4.71. The standard InChI is InChI=1S/C10H13N3O2/c1-13-8-4-7(5-12-6-11)2-3-9(8)15-10(13)14/h2-4,12H,5-6,11H2,1H3. The molecule has 0 amide bonds. The van der Waals surface area contributed by atoms with Gasteiger partial charge in [0.05, 0.1) is 5.52 Å². The molecule has 0 fully saturated rings. The molecule has 0 aliphatic heterocycles. The van der Waals surface area contributed by atoms with Crippen LogP contribution in [0.15, 0.2) is 27.4 Å². The van der Waals surface area contributed by atoms with Gasteiger partial charge in [-0.3, -0.25) is 4.57 Å². The molecular weight excluding hydrogens is 194 g/mol. The molecule has 0 aliphatic rings. The Morgan fingerprint density at radius 1 is 1.53 bits per heavy atom. The van der Waals surface area contributed by atoms with E-state index >= 15 is 0 Å². The molecule has 1 aromatic carbocycles. The maximum absolute atomic E-state index is 11.2. The van der Waals surface area contributed by atoms with Crippen molar-refractivity contribution in [2.75, 3.05) is 6.67 Å². The van der Waals surface area contributed by atoms with Crippen molar-refractivity contribution < 1.29 is 4.42 Å². The van der Waals surface area contributed by atoms with E-state index in [2.05, 4.69) is 5.32 Å². The van der Waals surface area contributed by atoms with Gasteiger partial charge in [-0.2, -0.15) is 0 Å². The minimum absolute atomic E-state index is 0.339. The van der Waals surface area contributed by atoms with Crippen molar-refractivity contribution in [3.05, 3.63) is 34.3 Å². The molecule has 1 heterocycles. The first-order chi connectivity index (χ1) is 7.22. The summed E-state index contributed by atoms with van der Waals surface area (Å²) in [7, 11) is 1.69. The van der Waals surface area contributed by atoms with Gasteiger partial charge < -0.3 is 15.5 Å². The zero-order valence-corrected chi connectivity index (χ0v) is 8.49. The van der Waals surface area contributed by atoms with Crippen LogP contribution in [0.25, 0.3) is 11.1 Å². The van der Waals surface area contributed by atoms with Crippen LogP contribution in [-0.4, -0.2) is 11.2 Å². The lowest BCUT2D eigenvalue weighted by Crippen LogP contribution is -2.21. The Hall–Kier alpha value is -1.59. The molecule has 0 bridgehead atoms. The van der Waals surface area contributed by atoms with Crippen LogP contribution in [0, 0.1) is 0 Å². The first kappa shape index (κ1) is 9.95. The van der Waals surface area contributed by atoms with E-state index in [1.165, 1.54) is 4.57 Å². The molecule has 3 N–H and O–H groups in total. The second kappa shape index (κ2) is 3.88. The predicted octanol–water partition coefficient (Wildman–Crippen LogP) is 0.137. The van der Waals surface area contributed by atoms with Gasteiger partial charge in [-0.05, 0) is 17.7 Å². The van der Waals surface area contributed by atoms with Gasteiger partial charge in [-0.1, -0.05) is 6.07 Å². The van der Waals surface area contributed by atoms with Crippen molar-refractivity contribution in [3.8, 4) is 0 Å². The quantitative estimate of drug-likeness (QED) is 0.702. The molecule has 5 nitrogen and oxygen atoms in total. The Morgan fingerprint density at radius 3 is 3.07 bits per heavy atom. The highest BCUT2D eigenvalue weighted by molar-refractivity contribution is 5.73. The fraction of sp³-hybridized carbons (Fsp3) is 0.300. The number of aryl methyl sites for hydroxylation is 1. The van der Waals surface area contributed by atoms with E-state index in [1.54, 1.807) is 13.1 Å². The fourth-order valence-corrected chi connectivity index (χ4v) is 1.50. The molecule has 0 unspecified atom stereocenters. The number of aromatic nitrogens is 1. The molecule has 15 heavy (non-hydrogen) atoms. The molecule has 0 spiro atoms. The van der Waals surface area contributed by atoms with Gasteiger partial charge >= 0.3 is 5.76 Å². The van der Waals surface area contributed by atoms with E-state index in [-0.39, 0.29) is 5.76 Å². The maximum Gasteiger partial charge on any atom is 0.419 e. The highest BCUT2D eigenvalue weighted by Gasteiger charge is 2.05. The van der Waals surface area contributed by atoms with Crippen LogP contribution in [0.5, 0.6) is 0 Å². The Balaban J connectivity index is 2.45. The van der Waals surface area contributed by atoms with Crippen LogP contribution in [0.3, 0.4) is 0 Å². The molecule has 0 aliphatic carbocycles. The molecule has 5 heteroatoms. The molecular formula is C10H13N3O2. The van der Waals surface area contributed by atoms with Gasteiger partial charge in [0.25, 0.3) is 0 Å². The largest absolute Gasteiger partial charge is 0.419 e. The van der Waals surface area contributed by atoms with Gasteiger partial charge in [-0.15, -0.1) is 0 Å². The maximum atomic E-state index is 11.2. The second-order valence-corrected chi connectivity index (χ2v) is 3.36. The number of benzene rings is 1. The van der Waals surface area contributed by atoms with Crippen LogP contribution in [-0.2, 0) is 13.6 Å². The summed E-state index contributed by atoms with van der Waals surface area (Å²) in [6, 6.07) is 5.63. The zero-order valence-electron chi connectivity index (χ0n) is 8.49. The van der Waals surface area contributed by atoms with E-state index in [4.69, 9.17) is 10.2 Å². The molecule has 80 valence electrons. The first-order valence-electron chi connectivity index (χ1n) is 4.71. The minimum Gasteiger partial charge on any atom is -0.408 e. The van der Waals surface area contributed by atoms with Gasteiger partial charge in [0, 0.05) is 20.3 Å². The summed E-state index contributed by atoms with van der Waals surface area (Å²) >= 11 is 0. The summed E-state index contributed by atoms with van der Waals surface area (Å²) in [5.41, 5.74) is 7.82. The highest BCUT2D eigenvalue weighted by Crippen LogP contribution is 2.13. The lowest BCUT2D eigenvalue weighted by Gasteiger charge is -2.01. The zero-order chi connectivity index (χ0) is 10.8. The van der Waals surface area contributed by atoms with Crippen molar-refractivity contribution in [2.45, 2.75) is 6.54 Å². The normalized spacial score (nSPS) is 11.1. The number of hydrogen-bond donors (Lipinski definition) is 2. The number of hydrogen-bond acceptors (Lipinski definition) is 4. The summed E-state index contributed by atoms with van der Waals surface area (Å²) in [6.07, 6.45) is 0. The highest BCUT2D eigenvalue weighted by atomic mass is 16.4. The third-order valence-corrected chi connectivity index (χ3v) is 2.33. The van der Waals surface area contributed by atoms with Gasteiger partial charge in [-0.25, -0.2) is 4.79 Å². The third kappa shape index (κ3) is 1.79.